The number of hydrogen-bond acceptors (Lipinski definition) is 5. The molecule has 2 aromatic heterocycles. The van der Waals surface area contributed by atoms with Crippen molar-refractivity contribution in [3.63, 3.8) is 0 Å². The predicted octanol–water partition coefficient (Wildman–Crippen LogP) is 4.97. The van der Waals surface area contributed by atoms with Crippen LogP contribution in [-0.2, 0) is 22.3 Å². The lowest BCUT2D eigenvalue weighted by Crippen LogP contribution is -2.41. The number of halogens is 3. The largest absolute Gasteiger partial charge is 0.443 e. The monoisotopic (exact) mass is 450 g/mol. The highest BCUT2D eigenvalue weighted by Gasteiger charge is 2.33. The van der Waals surface area contributed by atoms with Crippen LogP contribution in [-0.4, -0.2) is 37.3 Å². The Labute approximate surface area is 183 Å². The first-order chi connectivity index (χ1) is 14.8. The van der Waals surface area contributed by atoms with Crippen LogP contribution < -0.4 is 0 Å². The zero-order valence-corrected chi connectivity index (χ0v) is 18.4. The molecule has 2 aromatic rings. The molecule has 0 saturated heterocycles. The molecule has 3 rings (SSSR count). The van der Waals surface area contributed by atoms with E-state index in [1.54, 1.807) is 33.9 Å². The van der Waals surface area contributed by atoms with Crippen molar-refractivity contribution in [2.24, 2.45) is 0 Å². The van der Waals surface area contributed by atoms with Crippen molar-refractivity contribution in [3.8, 4) is 5.69 Å². The van der Waals surface area contributed by atoms with Gasteiger partial charge in [-0.2, -0.15) is 18.3 Å². The van der Waals surface area contributed by atoms with Gasteiger partial charge in [-0.05, 0) is 59.1 Å². The number of pyridine rings is 1. The third-order valence-electron chi connectivity index (χ3n) is 4.81. The normalized spacial score (nSPS) is 14.3. The Hall–Kier alpha value is -3.17. The predicted molar refractivity (Wildman–Crippen MR) is 110 cm³/mol. The van der Waals surface area contributed by atoms with Crippen LogP contribution in [0.3, 0.4) is 0 Å². The number of amides is 2. The van der Waals surface area contributed by atoms with Gasteiger partial charge >= 0.3 is 12.3 Å². The summed E-state index contributed by atoms with van der Waals surface area (Å²) < 4.78 is 45.1. The van der Waals surface area contributed by atoms with Crippen LogP contribution in [0, 0.1) is 6.92 Å². The van der Waals surface area contributed by atoms with Gasteiger partial charge in [0.2, 0.25) is 0 Å². The molecule has 172 valence electrons. The molecule has 7 nitrogen and oxygen atoms in total. The molecule has 0 saturated carbocycles. The second-order valence-electron chi connectivity index (χ2n) is 8.58. The van der Waals surface area contributed by atoms with Crippen molar-refractivity contribution in [1.29, 1.82) is 0 Å². The van der Waals surface area contributed by atoms with Gasteiger partial charge in [0.1, 0.15) is 11.3 Å². The summed E-state index contributed by atoms with van der Waals surface area (Å²) in [6, 6.07) is 2.13. The molecule has 0 N–H and O–H groups in total. The standard InChI is InChI=1S/C22H25F3N4O3/c1-14-16(13-29(27-14)17-9-10-18(26-11-17)22(23,24)25)12-28(20(31)32-21(2,3)4)19(30)15-7-5-6-8-15/h7,9-11,13H,5-6,8,12H2,1-4H3. The van der Waals surface area contributed by atoms with Gasteiger partial charge in [-0.3, -0.25) is 4.79 Å². The Morgan fingerprint density at radius 3 is 2.47 bits per heavy atom. The van der Waals surface area contributed by atoms with E-state index in [1.807, 2.05) is 6.08 Å². The van der Waals surface area contributed by atoms with Gasteiger partial charge < -0.3 is 4.74 Å². The fourth-order valence-electron chi connectivity index (χ4n) is 3.22. The minimum absolute atomic E-state index is 0.0784. The van der Waals surface area contributed by atoms with E-state index in [0.29, 0.717) is 28.9 Å². The maximum Gasteiger partial charge on any atom is 0.433 e. The molecule has 1 aliphatic rings. The number of aromatic nitrogens is 3. The summed E-state index contributed by atoms with van der Waals surface area (Å²) in [6.45, 7) is 6.75. The third kappa shape index (κ3) is 5.54. The highest BCUT2D eigenvalue weighted by atomic mass is 19.4. The van der Waals surface area contributed by atoms with Gasteiger partial charge in [-0.25, -0.2) is 19.4 Å². The fraction of sp³-hybridized carbons (Fsp3) is 0.455. The maximum absolute atomic E-state index is 13.0. The quantitative estimate of drug-likeness (QED) is 0.657. The summed E-state index contributed by atoms with van der Waals surface area (Å²) in [5.74, 6) is -0.417. The van der Waals surface area contributed by atoms with Crippen molar-refractivity contribution in [1.82, 2.24) is 19.7 Å². The molecule has 0 spiro atoms. The van der Waals surface area contributed by atoms with E-state index in [2.05, 4.69) is 10.1 Å². The number of nitrogens with zero attached hydrogens (tertiary/aromatic N) is 4. The van der Waals surface area contributed by atoms with Crippen molar-refractivity contribution in [2.45, 2.75) is 65.3 Å². The number of imide groups is 1. The van der Waals surface area contributed by atoms with Crippen molar-refractivity contribution >= 4 is 12.0 Å². The maximum atomic E-state index is 13.0. The van der Waals surface area contributed by atoms with E-state index in [1.165, 1.54) is 10.7 Å². The molecule has 0 aromatic carbocycles. The Balaban J connectivity index is 1.87. The van der Waals surface area contributed by atoms with Gasteiger partial charge in [-0.15, -0.1) is 0 Å². The Morgan fingerprint density at radius 1 is 1.22 bits per heavy atom. The van der Waals surface area contributed by atoms with Crippen LogP contribution >= 0.6 is 0 Å². The van der Waals surface area contributed by atoms with Crippen LogP contribution in [0.4, 0.5) is 18.0 Å². The molecule has 0 atom stereocenters. The molecule has 10 heteroatoms. The average Bonchev–Trinajstić information content (AvgIpc) is 3.34. The summed E-state index contributed by atoms with van der Waals surface area (Å²) in [4.78, 5) is 30.3. The fourth-order valence-corrected chi connectivity index (χ4v) is 3.22. The molecular weight excluding hydrogens is 425 g/mol. The third-order valence-corrected chi connectivity index (χ3v) is 4.81. The first kappa shape index (κ1) is 23.5. The molecule has 0 aliphatic heterocycles. The van der Waals surface area contributed by atoms with Crippen molar-refractivity contribution in [2.75, 3.05) is 0 Å². The van der Waals surface area contributed by atoms with Gasteiger partial charge in [-0.1, -0.05) is 6.08 Å². The lowest BCUT2D eigenvalue weighted by Gasteiger charge is -2.26. The molecule has 1 aliphatic carbocycles. The van der Waals surface area contributed by atoms with Crippen molar-refractivity contribution < 1.29 is 27.5 Å². The highest BCUT2D eigenvalue weighted by Crippen LogP contribution is 2.28. The molecule has 0 unspecified atom stereocenters. The Kier molecular flexibility index (Phi) is 6.43. The Bertz CT molecular complexity index is 1030. The number of rotatable bonds is 4. The molecule has 32 heavy (non-hydrogen) atoms. The lowest BCUT2D eigenvalue weighted by molar-refractivity contribution is -0.141. The molecule has 0 radical (unpaired) electrons. The van der Waals surface area contributed by atoms with Crippen LogP contribution in [0.25, 0.3) is 5.69 Å². The first-order valence-electron chi connectivity index (χ1n) is 10.2. The van der Waals surface area contributed by atoms with Gasteiger partial charge in [0.05, 0.1) is 24.1 Å². The van der Waals surface area contributed by atoms with Crippen molar-refractivity contribution in [3.05, 3.63) is 53.1 Å². The smallest absolute Gasteiger partial charge is 0.433 e. The van der Waals surface area contributed by atoms with Gasteiger partial charge in [0.15, 0.2) is 0 Å². The number of ether oxygens (including phenoxy) is 1. The second kappa shape index (κ2) is 8.76. The van der Waals surface area contributed by atoms with E-state index in [0.717, 1.165) is 30.0 Å². The first-order valence-corrected chi connectivity index (χ1v) is 10.2. The molecular formula is C22H25F3N4O3. The summed E-state index contributed by atoms with van der Waals surface area (Å²) in [5, 5.41) is 4.31. The number of allylic oxidation sites excluding steroid dienone is 1. The molecule has 0 fully saturated rings. The molecule has 2 amide bonds. The second-order valence-corrected chi connectivity index (χ2v) is 8.58. The summed E-state index contributed by atoms with van der Waals surface area (Å²) in [5.41, 5.74) is 0.172. The highest BCUT2D eigenvalue weighted by molar-refractivity contribution is 6.02. The number of aryl methyl sites for hydroxylation is 1. The minimum Gasteiger partial charge on any atom is -0.443 e. The summed E-state index contributed by atoms with van der Waals surface area (Å²) in [7, 11) is 0. The topological polar surface area (TPSA) is 77.3 Å². The van der Waals surface area contributed by atoms with Crippen LogP contribution in [0.5, 0.6) is 0 Å². The SMILES string of the molecule is Cc1nn(-c2ccc(C(F)(F)F)nc2)cc1CN(C(=O)OC(C)(C)C)C(=O)C1=CCCC1. The summed E-state index contributed by atoms with van der Waals surface area (Å²) >= 11 is 0. The zero-order chi connectivity index (χ0) is 23.7. The molecule has 0 bridgehead atoms. The zero-order valence-electron chi connectivity index (χ0n) is 18.4. The number of hydrogen-bond donors (Lipinski definition) is 0. The van der Waals surface area contributed by atoms with Gasteiger partial charge in [0.25, 0.3) is 5.91 Å². The van der Waals surface area contributed by atoms with Crippen LogP contribution in [0.15, 0.2) is 36.2 Å². The van der Waals surface area contributed by atoms with Crippen LogP contribution in [0.1, 0.15) is 57.0 Å². The van der Waals surface area contributed by atoms with Gasteiger partial charge in [0, 0.05) is 17.3 Å². The summed E-state index contributed by atoms with van der Waals surface area (Å²) in [6.07, 6.45) is 1.37. The van der Waals surface area contributed by atoms with E-state index in [4.69, 9.17) is 4.74 Å². The minimum atomic E-state index is -4.53. The van der Waals surface area contributed by atoms with E-state index >= 15 is 0 Å². The van der Waals surface area contributed by atoms with Crippen LogP contribution in [0.2, 0.25) is 0 Å². The van der Waals surface area contributed by atoms with E-state index < -0.39 is 29.5 Å². The molecule has 2 heterocycles. The average molecular weight is 450 g/mol. The van der Waals surface area contributed by atoms with E-state index in [9.17, 15) is 22.8 Å². The number of carbonyl (C=O) groups is 2. The number of carbonyl (C=O) groups excluding carboxylic acids is 2. The lowest BCUT2D eigenvalue weighted by atomic mass is 10.2. The van der Waals surface area contributed by atoms with E-state index in [-0.39, 0.29) is 6.54 Å². The Morgan fingerprint density at radius 2 is 1.94 bits per heavy atom. The number of alkyl halides is 3.